The van der Waals surface area contributed by atoms with E-state index in [0.717, 1.165) is 4.68 Å². The topological polar surface area (TPSA) is 130 Å². The lowest BCUT2D eigenvalue weighted by molar-refractivity contribution is -0.212. The molecular formula is C23H25ClF4N6O5. The number of aromatic nitrogens is 6. The van der Waals surface area contributed by atoms with Gasteiger partial charge in [-0.25, -0.2) is 26.9 Å². The van der Waals surface area contributed by atoms with Gasteiger partial charge in [0.05, 0.1) is 42.8 Å². The van der Waals surface area contributed by atoms with E-state index in [4.69, 9.17) is 25.8 Å². The van der Waals surface area contributed by atoms with Crippen molar-refractivity contribution in [2.45, 2.75) is 55.3 Å². The molecule has 5 rings (SSSR count). The Hall–Kier alpha value is -2.69. The van der Waals surface area contributed by atoms with Gasteiger partial charge in [-0.2, -0.15) is 0 Å². The average Bonchev–Trinajstić information content (AvgIpc) is 3.57. The fourth-order valence-electron chi connectivity index (χ4n) is 4.93. The van der Waals surface area contributed by atoms with Crippen LogP contribution in [-0.4, -0.2) is 97.5 Å². The normalized spacial score (nSPS) is 29.0. The van der Waals surface area contributed by atoms with Gasteiger partial charge in [0.25, 0.3) is 5.92 Å². The van der Waals surface area contributed by atoms with Crippen LogP contribution >= 0.6 is 11.6 Å². The van der Waals surface area contributed by atoms with Gasteiger partial charge in [0.1, 0.15) is 36.1 Å². The van der Waals surface area contributed by atoms with Crippen LogP contribution in [0.15, 0.2) is 24.5 Å². The number of nitrogens with zero attached hydrogens (tertiary/aromatic N) is 6. The number of rotatable bonds is 7. The summed E-state index contributed by atoms with van der Waals surface area (Å²) in [5, 5.41) is 36.2. The van der Waals surface area contributed by atoms with Crippen LogP contribution in [0.1, 0.15) is 24.2 Å². The highest BCUT2D eigenvalue weighted by Gasteiger charge is 2.48. The van der Waals surface area contributed by atoms with Crippen LogP contribution in [0.2, 0.25) is 5.02 Å². The standard InChI is InChI=1S/C23H25ClF4N6O5/c1-37-22-15(6-11-7-33(31-29-11)17-10-38-5-4-23(17,27)28)39-16(9-35)21(36)20(22)34-8-14(30-32-34)12-2-3-13(24)19(26)18(12)25/h2-3,7-8,15-17,20-22,35-36H,4-6,9-10H2,1H3/t15-,16-,17+,20+,21+,22+/m1/s1. The second kappa shape index (κ2) is 11.1. The molecule has 2 fully saturated rings. The van der Waals surface area contributed by atoms with Gasteiger partial charge in [-0.05, 0) is 12.1 Å². The molecule has 0 radical (unpaired) electrons. The second-order valence-corrected chi connectivity index (χ2v) is 9.79. The number of hydrogen-bond acceptors (Lipinski definition) is 9. The fraction of sp³-hybridized carbons (Fsp3) is 0.565. The summed E-state index contributed by atoms with van der Waals surface area (Å²) in [7, 11) is 1.36. The second-order valence-electron chi connectivity index (χ2n) is 9.38. The van der Waals surface area contributed by atoms with Gasteiger partial charge < -0.3 is 24.4 Å². The van der Waals surface area contributed by atoms with Crippen molar-refractivity contribution in [3.63, 3.8) is 0 Å². The average molecular weight is 577 g/mol. The largest absolute Gasteiger partial charge is 0.394 e. The quantitative estimate of drug-likeness (QED) is 0.320. The minimum absolute atomic E-state index is 0.0238. The predicted octanol–water partition coefficient (Wildman–Crippen LogP) is 1.98. The van der Waals surface area contributed by atoms with Crippen molar-refractivity contribution in [2.75, 3.05) is 26.9 Å². The number of benzene rings is 1. The van der Waals surface area contributed by atoms with Gasteiger partial charge in [-0.3, -0.25) is 0 Å². The number of alkyl halides is 2. The zero-order valence-corrected chi connectivity index (χ0v) is 21.3. The van der Waals surface area contributed by atoms with Crippen molar-refractivity contribution in [1.82, 2.24) is 30.0 Å². The van der Waals surface area contributed by atoms with E-state index in [-0.39, 0.29) is 30.9 Å². The van der Waals surface area contributed by atoms with E-state index >= 15 is 0 Å². The number of ether oxygens (including phenoxy) is 3. The maximum Gasteiger partial charge on any atom is 0.274 e. The van der Waals surface area contributed by atoms with Gasteiger partial charge in [0, 0.05) is 31.7 Å². The van der Waals surface area contributed by atoms with Crippen molar-refractivity contribution in [3.05, 3.63) is 46.9 Å². The summed E-state index contributed by atoms with van der Waals surface area (Å²) in [4.78, 5) is 0. The molecule has 1 aromatic carbocycles. The zero-order valence-electron chi connectivity index (χ0n) is 20.5. The van der Waals surface area contributed by atoms with Crippen molar-refractivity contribution in [1.29, 1.82) is 0 Å². The van der Waals surface area contributed by atoms with E-state index in [1.165, 1.54) is 36.3 Å². The molecule has 2 aromatic heterocycles. The van der Waals surface area contributed by atoms with Crippen molar-refractivity contribution < 1.29 is 42.0 Å². The molecule has 212 valence electrons. The smallest absolute Gasteiger partial charge is 0.274 e. The van der Waals surface area contributed by atoms with Gasteiger partial charge in [0.2, 0.25) is 0 Å². The third kappa shape index (κ3) is 5.26. The van der Waals surface area contributed by atoms with E-state index in [1.807, 2.05) is 0 Å². The Labute approximate surface area is 224 Å². The van der Waals surface area contributed by atoms with Gasteiger partial charge >= 0.3 is 0 Å². The maximum atomic E-state index is 14.5. The van der Waals surface area contributed by atoms with E-state index in [1.54, 1.807) is 0 Å². The van der Waals surface area contributed by atoms with Gasteiger partial charge in [-0.1, -0.05) is 22.0 Å². The molecule has 2 N–H and O–H groups in total. The molecule has 2 saturated heterocycles. The van der Waals surface area contributed by atoms with Gasteiger partial charge in [0.15, 0.2) is 11.6 Å². The number of methoxy groups -OCH3 is 1. The van der Waals surface area contributed by atoms with Crippen LogP contribution in [0.5, 0.6) is 0 Å². The molecule has 0 amide bonds. The minimum atomic E-state index is -3.02. The fourth-order valence-corrected chi connectivity index (χ4v) is 5.07. The zero-order chi connectivity index (χ0) is 27.9. The molecule has 0 saturated carbocycles. The Bertz CT molecular complexity index is 1310. The molecule has 16 heteroatoms. The number of aliphatic hydroxyl groups is 2. The molecule has 0 spiro atoms. The lowest BCUT2D eigenvalue weighted by Gasteiger charge is -2.43. The third-order valence-electron chi connectivity index (χ3n) is 6.99. The van der Waals surface area contributed by atoms with Crippen LogP contribution in [0.4, 0.5) is 17.6 Å². The Morgan fingerprint density at radius 2 is 1.90 bits per heavy atom. The highest BCUT2D eigenvalue weighted by atomic mass is 35.5. The van der Waals surface area contributed by atoms with E-state index in [2.05, 4.69) is 20.6 Å². The van der Waals surface area contributed by atoms with Crippen LogP contribution in [0.3, 0.4) is 0 Å². The van der Waals surface area contributed by atoms with E-state index in [9.17, 15) is 27.8 Å². The number of aliphatic hydroxyl groups excluding tert-OH is 2. The summed E-state index contributed by atoms with van der Waals surface area (Å²) in [6.45, 7) is -0.835. The van der Waals surface area contributed by atoms with E-state index in [0.29, 0.717) is 5.69 Å². The Kier molecular flexibility index (Phi) is 7.90. The summed E-state index contributed by atoms with van der Waals surface area (Å²) < 4.78 is 76.2. The SMILES string of the molecule is CO[C@@H]1[C@@H](n2cc(-c3ccc(Cl)c(F)c3F)nn2)[C@@H](O)[C@@H](CO)O[C@@H]1Cc1cn([C@H]2COCCC2(F)F)nn1. The number of hydrogen-bond donors (Lipinski definition) is 2. The highest BCUT2D eigenvalue weighted by molar-refractivity contribution is 6.30. The van der Waals surface area contributed by atoms with Gasteiger partial charge in [-0.15, -0.1) is 10.2 Å². The monoisotopic (exact) mass is 576 g/mol. The van der Waals surface area contributed by atoms with Crippen molar-refractivity contribution >= 4 is 11.6 Å². The van der Waals surface area contributed by atoms with Crippen LogP contribution < -0.4 is 0 Å². The molecule has 0 unspecified atom stereocenters. The van der Waals surface area contributed by atoms with Crippen LogP contribution in [0.25, 0.3) is 11.3 Å². The first kappa shape index (κ1) is 27.9. The lowest BCUT2D eigenvalue weighted by Crippen LogP contribution is -2.57. The first-order valence-corrected chi connectivity index (χ1v) is 12.4. The van der Waals surface area contributed by atoms with Crippen LogP contribution in [0, 0.1) is 11.6 Å². The van der Waals surface area contributed by atoms with E-state index < -0.39 is 72.1 Å². The molecule has 2 aliphatic rings. The third-order valence-corrected chi connectivity index (χ3v) is 7.28. The summed E-state index contributed by atoms with van der Waals surface area (Å²) in [6, 6.07) is 0.117. The molecule has 39 heavy (non-hydrogen) atoms. The van der Waals surface area contributed by atoms with Crippen molar-refractivity contribution in [3.8, 4) is 11.3 Å². The Balaban J connectivity index is 1.41. The maximum absolute atomic E-state index is 14.5. The predicted molar refractivity (Wildman–Crippen MR) is 125 cm³/mol. The Morgan fingerprint density at radius 3 is 2.62 bits per heavy atom. The lowest BCUT2D eigenvalue weighted by atomic mass is 9.90. The summed E-state index contributed by atoms with van der Waals surface area (Å²) in [5.74, 6) is -5.47. The molecule has 2 aliphatic heterocycles. The molecule has 6 atom stereocenters. The Morgan fingerprint density at radius 1 is 1.13 bits per heavy atom. The number of halogens is 5. The minimum Gasteiger partial charge on any atom is -0.394 e. The molecule has 0 bridgehead atoms. The molecule has 4 heterocycles. The summed E-state index contributed by atoms with van der Waals surface area (Å²) in [5.41, 5.74) is 0.0644. The molecule has 3 aromatic rings. The summed E-state index contributed by atoms with van der Waals surface area (Å²) in [6.07, 6.45) is -1.93. The molecular weight excluding hydrogens is 552 g/mol. The first-order valence-electron chi connectivity index (χ1n) is 12.0. The summed E-state index contributed by atoms with van der Waals surface area (Å²) >= 11 is 5.63. The highest BCUT2D eigenvalue weighted by Crippen LogP contribution is 2.37. The molecule has 11 nitrogen and oxygen atoms in total. The first-order chi connectivity index (χ1) is 18.6. The molecule has 0 aliphatic carbocycles. The van der Waals surface area contributed by atoms with Crippen LogP contribution in [-0.2, 0) is 20.6 Å². The van der Waals surface area contributed by atoms with Crippen molar-refractivity contribution in [2.24, 2.45) is 0 Å².